The molecule has 0 radical (unpaired) electrons. The normalized spacial score (nSPS) is 16.1. The maximum absolute atomic E-state index is 5.06. The molecule has 6 nitrogen and oxygen atoms in total. The first kappa shape index (κ1) is 14.2. The molecule has 0 saturated heterocycles. The van der Waals surface area contributed by atoms with E-state index in [2.05, 4.69) is 52.0 Å². The zero-order chi connectivity index (χ0) is 14.7. The van der Waals surface area contributed by atoms with E-state index in [0.29, 0.717) is 12.6 Å². The fourth-order valence-electron chi connectivity index (χ4n) is 2.92. The van der Waals surface area contributed by atoms with E-state index in [-0.39, 0.29) is 6.04 Å². The molecule has 0 bridgehead atoms. The van der Waals surface area contributed by atoms with Crippen LogP contribution < -0.4 is 5.32 Å². The van der Waals surface area contributed by atoms with Crippen molar-refractivity contribution in [3.8, 4) is 0 Å². The lowest BCUT2D eigenvalue weighted by atomic mass is 10.1. The van der Waals surface area contributed by atoms with E-state index < -0.39 is 0 Å². The van der Waals surface area contributed by atoms with Crippen LogP contribution in [0.2, 0.25) is 0 Å². The van der Waals surface area contributed by atoms with Crippen molar-refractivity contribution in [2.45, 2.75) is 31.8 Å². The van der Waals surface area contributed by atoms with E-state index in [1.165, 1.54) is 11.1 Å². The second kappa shape index (κ2) is 6.32. The van der Waals surface area contributed by atoms with Crippen LogP contribution in [0, 0.1) is 0 Å². The molecule has 0 saturated carbocycles. The Balaban J connectivity index is 1.72. The molecule has 3 rings (SSSR count). The van der Waals surface area contributed by atoms with E-state index in [4.69, 9.17) is 4.74 Å². The minimum Gasteiger partial charge on any atom is -0.383 e. The Morgan fingerprint density at radius 2 is 2.05 bits per heavy atom. The van der Waals surface area contributed by atoms with Crippen molar-refractivity contribution >= 4 is 0 Å². The Hall–Kier alpha value is -1.79. The van der Waals surface area contributed by atoms with E-state index in [0.717, 1.165) is 25.2 Å². The molecule has 0 spiro atoms. The van der Waals surface area contributed by atoms with Gasteiger partial charge < -0.3 is 10.1 Å². The number of hydrogen-bond donors (Lipinski definition) is 1. The zero-order valence-electron chi connectivity index (χ0n) is 12.5. The highest BCUT2D eigenvalue weighted by molar-refractivity contribution is 5.32. The highest BCUT2D eigenvalue weighted by Gasteiger charge is 2.27. The molecule has 0 aliphatic heterocycles. The molecule has 21 heavy (non-hydrogen) atoms. The number of aromatic nitrogens is 4. The topological polar surface area (TPSA) is 64.9 Å². The van der Waals surface area contributed by atoms with Gasteiger partial charge in [-0.25, -0.2) is 4.68 Å². The van der Waals surface area contributed by atoms with Gasteiger partial charge in [0.15, 0.2) is 5.82 Å². The Bertz CT molecular complexity index is 572. The molecule has 112 valence electrons. The fourth-order valence-corrected chi connectivity index (χ4v) is 2.92. The third-order valence-electron chi connectivity index (χ3n) is 4.04. The molecule has 1 unspecified atom stereocenters. The summed E-state index contributed by atoms with van der Waals surface area (Å²) in [5.41, 5.74) is 2.81. The first-order chi connectivity index (χ1) is 10.3. The number of methoxy groups -OCH3 is 1. The van der Waals surface area contributed by atoms with Crippen LogP contribution in [0.3, 0.4) is 0 Å². The van der Waals surface area contributed by atoms with Crippen molar-refractivity contribution in [1.82, 2.24) is 25.5 Å². The molecule has 1 atom stereocenters. The van der Waals surface area contributed by atoms with E-state index in [9.17, 15) is 0 Å². The minimum atomic E-state index is 0.110. The summed E-state index contributed by atoms with van der Waals surface area (Å²) in [6, 6.07) is 9.00. The average Bonchev–Trinajstić information content (AvgIpc) is 3.13. The lowest BCUT2D eigenvalue weighted by molar-refractivity contribution is 0.195. The van der Waals surface area contributed by atoms with Gasteiger partial charge in [0.25, 0.3) is 0 Å². The number of nitrogens with zero attached hydrogens (tertiary/aromatic N) is 4. The van der Waals surface area contributed by atoms with Crippen molar-refractivity contribution in [3.05, 3.63) is 41.2 Å². The summed E-state index contributed by atoms with van der Waals surface area (Å²) in [7, 11) is 1.70. The number of fused-ring (bicyclic) bond motifs is 1. The molecule has 1 heterocycles. The summed E-state index contributed by atoms with van der Waals surface area (Å²) in [6.45, 7) is 3.55. The van der Waals surface area contributed by atoms with Crippen LogP contribution in [0.1, 0.15) is 36.0 Å². The monoisotopic (exact) mass is 287 g/mol. The SMILES string of the molecule is COCCNC(C)c1nnnn1C1Cc2ccccc2C1. The Labute approximate surface area is 124 Å². The Morgan fingerprint density at radius 3 is 2.71 bits per heavy atom. The summed E-state index contributed by atoms with van der Waals surface area (Å²) in [4.78, 5) is 0. The molecule has 1 N–H and O–H groups in total. The summed E-state index contributed by atoms with van der Waals surface area (Å²) < 4.78 is 7.04. The van der Waals surface area contributed by atoms with E-state index >= 15 is 0 Å². The van der Waals surface area contributed by atoms with Crippen molar-refractivity contribution in [3.63, 3.8) is 0 Å². The van der Waals surface area contributed by atoms with Crippen molar-refractivity contribution < 1.29 is 4.74 Å². The van der Waals surface area contributed by atoms with Crippen LogP contribution in [0.4, 0.5) is 0 Å². The molecule has 6 heteroatoms. The number of nitrogens with one attached hydrogen (secondary N) is 1. The van der Waals surface area contributed by atoms with Gasteiger partial charge in [-0.1, -0.05) is 24.3 Å². The first-order valence-corrected chi connectivity index (χ1v) is 7.36. The van der Waals surface area contributed by atoms with E-state index in [1.54, 1.807) is 7.11 Å². The Kier molecular flexibility index (Phi) is 4.26. The highest BCUT2D eigenvalue weighted by Crippen LogP contribution is 2.30. The van der Waals surface area contributed by atoms with Gasteiger partial charge in [-0.2, -0.15) is 0 Å². The average molecular weight is 287 g/mol. The standard InChI is InChI=1S/C15H21N5O/c1-11(16-7-8-21-2)15-17-18-19-20(15)14-9-12-5-3-4-6-13(12)10-14/h3-6,11,14,16H,7-10H2,1-2H3. The van der Waals surface area contributed by atoms with E-state index in [1.807, 2.05) is 4.68 Å². The van der Waals surface area contributed by atoms with Crippen molar-refractivity contribution in [1.29, 1.82) is 0 Å². The highest BCUT2D eigenvalue weighted by atomic mass is 16.5. The third-order valence-corrected chi connectivity index (χ3v) is 4.04. The van der Waals surface area contributed by atoms with Crippen molar-refractivity contribution in [2.24, 2.45) is 0 Å². The first-order valence-electron chi connectivity index (χ1n) is 7.36. The third kappa shape index (κ3) is 2.96. The zero-order valence-corrected chi connectivity index (χ0v) is 12.5. The fraction of sp³-hybridized carbons (Fsp3) is 0.533. The van der Waals surface area contributed by atoms with Crippen LogP contribution in [-0.4, -0.2) is 40.5 Å². The molecular weight excluding hydrogens is 266 g/mol. The van der Waals surface area contributed by atoms with Gasteiger partial charge in [0.2, 0.25) is 0 Å². The molecular formula is C15H21N5O. The predicted molar refractivity (Wildman–Crippen MR) is 79.0 cm³/mol. The molecule has 0 fully saturated rings. The molecule has 1 aromatic carbocycles. The summed E-state index contributed by atoms with van der Waals surface area (Å²) in [6.07, 6.45) is 2.00. The van der Waals surface area contributed by atoms with Gasteiger partial charge in [0, 0.05) is 13.7 Å². The number of benzene rings is 1. The van der Waals surface area contributed by atoms with Gasteiger partial charge >= 0.3 is 0 Å². The van der Waals surface area contributed by atoms with Gasteiger partial charge in [-0.15, -0.1) is 5.10 Å². The van der Waals surface area contributed by atoms with Gasteiger partial charge in [0.1, 0.15) is 0 Å². The second-order valence-corrected chi connectivity index (χ2v) is 5.48. The maximum Gasteiger partial charge on any atom is 0.168 e. The van der Waals surface area contributed by atoms with Crippen LogP contribution in [0.5, 0.6) is 0 Å². The quantitative estimate of drug-likeness (QED) is 0.812. The summed E-state index contributed by atoms with van der Waals surface area (Å²) in [5.74, 6) is 0.893. The van der Waals surface area contributed by atoms with Crippen LogP contribution in [0.15, 0.2) is 24.3 Å². The van der Waals surface area contributed by atoms with Crippen LogP contribution in [0.25, 0.3) is 0 Å². The summed E-state index contributed by atoms with van der Waals surface area (Å²) in [5, 5.41) is 15.7. The molecule has 1 aromatic heterocycles. The number of tetrazole rings is 1. The molecule has 1 aliphatic carbocycles. The maximum atomic E-state index is 5.06. The Morgan fingerprint density at radius 1 is 1.33 bits per heavy atom. The van der Waals surface area contributed by atoms with Crippen LogP contribution >= 0.6 is 0 Å². The lowest BCUT2D eigenvalue weighted by Crippen LogP contribution is -2.27. The summed E-state index contributed by atoms with van der Waals surface area (Å²) >= 11 is 0. The van der Waals surface area contributed by atoms with Gasteiger partial charge in [0.05, 0.1) is 18.7 Å². The van der Waals surface area contributed by atoms with Gasteiger partial charge in [-0.05, 0) is 41.3 Å². The lowest BCUT2D eigenvalue weighted by Gasteiger charge is -2.16. The predicted octanol–water partition coefficient (Wildman–Crippen LogP) is 1.31. The van der Waals surface area contributed by atoms with Gasteiger partial charge in [-0.3, -0.25) is 0 Å². The smallest absolute Gasteiger partial charge is 0.168 e. The number of hydrogen-bond acceptors (Lipinski definition) is 5. The minimum absolute atomic E-state index is 0.110. The second-order valence-electron chi connectivity index (χ2n) is 5.48. The molecule has 0 amide bonds. The van der Waals surface area contributed by atoms with Crippen LogP contribution in [-0.2, 0) is 17.6 Å². The van der Waals surface area contributed by atoms with Crippen molar-refractivity contribution in [2.75, 3.05) is 20.3 Å². The number of rotatable bonds is 6. The molecule has 1 aliphatic rings. The largest absolute Gasteiger partial charge is 0.383 e. The number of ether oxygens (including phenoxy) is 1. The molecule has 2 aromatic rings.